The number of aromatic nitrogens is 3. The Morgan fingerprint density at radius 2 is 2.06 bits per heavy atom. The van der Waals surface area contributed by atoms with Gasteiger partial charge in [-0.25, -0.2) is 4.98 Å². The van der Waals surface area contributed by atoms with Gasteiger partial charge >= 0.3 is 0 Å². The van der Waals surface area contributed by atoms with Gasteiger partial charge in [0.2, 0.25) is 0 Å². The van der Waals surface area contributed by atoms with Crippen LogP contribution in [0.2, 0.25) is 0 Å². The van der Waals surface area contributed by atoms with Crippen LogP contribution in [0.15, 0.2) is 30.3 Å². The minimum absolute atomic E-state index is 0.494. The number of H-pyrrole nitrogens is 1. The maximum Gasteiger partial charge on any atom is 0.181 e. The molecule has 2 aromatic rings. The molecule has 0 fully saturated rings. The molecule has 4 nitrogen and oxygen atoms in total. The summed E-state index contributed by atoms with van der Waals surface area (Å²) in [5.41, 5.74) is 1.01. The van der Waals surface area contributed by atoms with Crippen LogP contribution in [0.1, 0.15) is 19.2 Å². The van der Waals surface area contributed by atoms with Crippen molar-refractivity contribution in [3.63, 3.8) is 0 Å². The molecule has 0 bridgehead atoms. The van der Waals surface area contributed by atoms with Crippen molar-refractivity contribution in [1.82, 2.24) is 15.2 Å². The van der Waals surface area contributed by atoms with Gasteiger partial charge in [-0.2, -0.15) is 5.10 Å². The van der Waals surface area contributed by atoms with Gasteiger partial charge in [-0.3, -0.25) is 5.10 Å². The Labute approximate surface area is 94.7 Å². The van der Waals surface area contributed by atoms with Gasteiger partial charge in [0.15, 0.2) is 11.6 Å². The highest BCUT2D eigenvalue weighted by molar-refractivity contribution is 5.53. The zero-order valence-electron chi connectivity index (χ0n) is 9.31. The summed E-state index contributed by atoms with van der Waals surface area (Å²) in [6.07, 6.45) is 1.01. The molecule has 0 radical (unpaired) electrons. The van der Waals surface area contributed by atoms with Crippen molar-refractivity contribution in [2.45, 2.75) is 20.0 Å². The van der Waals surface area contributed by atoms with Gasteiger partial charge in [-0.15, -0.1) is 0 Å². The first-order chi connectivity index (χ1) is 7.90. The maximum absolute atomic E-state index is 5.38. The molecule has 0 unspecified atom stereocenters. The van der Waals surface area contributed by atoms with E-state index in [1.54, 1.807) is 0 Å². The fourth-order valence-corrected chi connectivity index (χ4v) is 1.39. The first-order valence-electron chi connectivity index (χ1n) is 5.44. The standard InChI is InChI=1S/C12H15N3O/c1-2-8-16-9-11-13-12(15-14-11)10-6-4-3-5-7-10/h3-7H,2,8-9H2,1H3,(H,13,14,15). The summed E-state index contributed by atoms with van der Waals surface area (Å²) in [5, 5.41) is 7.03. The summed E-state index contributed by atoms with van der Waals surface area (Å²) in [4.78, 5) is 4.36. The predicted molar refractivity (Wildman–Crippen MR) is 61.8 cm³/mol. The molecular weight excluding hydrogens is 202 g/mol. The first-order valence-corrected chi connectivity index (χ1v) is 5.44. The summed E-state index contributed by atoms with van der Waals surface area (Å²) in [5.74, 6) is 1.49. The number of nitrogens with one attached hydrogen (secondary N) is 1. The lowest BCUT2D eigenvalue weighted by atomic mass is 10.2. The summed E-state index contributed by atoms with van der Waals surface area (Å²) in [6.45, 7) is 3.32. The normalized spacial score (nSPS) is 10.6. The number of rotatable bonds is 5. The van der Waals surface area contributed by atoms with E-state index in [4.69, 9.17) is 4.74 Å². The quantitative estimate of drug-likeness (QED) is 0.782. The van der Waals surface area contributed by atoms with Crippen LogP contribution in [0.3, 0.4) is 0 Å². The lowest BCUT2D eigenvalue weighted by molar-refractivity contribution is 0.116. The van der Waals surface area contributed by atoms with Gasteiger partial charge in [0, 0.05) is 12.2 Å². The van der Waals surface area contributed by atoms with Crippen molar-refractivity contribution in [2.24, 2.45) is 0 Å². The van der Waals surface area contributed by atoms with Crippen LogP contribution in [-0.2, 0) is 11.3 Å². The molecule has 0 spiro atoms. The van der Waals surface area contributed by atoms with E-state index in [1.165, 1.54) is 0 Å². The second-order valence-electron chi connectivity index (χ2n) is 3.52. The molecule has 0 saturated heterocycles. The molecule has 1 N–H and O–H groups in total. The predicted octanol–water partition coefficient (Wildman–Crippen LogP) is 2.40. The molecule has 4 heteroatoms. The second-order valence-corrected chi connectivity index (χ2v) is 3.52. The molecule has 84 valence electrons. The van der Waals surface area contributed by atoms with Crippen LogP contribution in [0, 0.1) is 0 Å². The Morgan fingerprint density at radius 3 is 2.81 bits per heavy atom. The fourth-order valence-electron chi connectivity index (χ4n) is 1.39. The number of aromatic amines is 1. The smallest absolute Gasteiger partial charge is 0.181 e. The first kappa shape index (κ1) is 10.8. The van der Waals surface area contributed by atoms with E-state index in [9.17, 15) is 0 Å². The van der Waals surface area contributed by atoms with Crippen molar-refractivity contribution in [3.8, 4) is 11.4 Å². The third kappa shape index (κ3) is 2.67. The van der Waals surface area contributed by atoms with Gasteiger partial charge in [0.1, 0.15) is 6.61 Å². The molecular formula is C12H15N3O. The Kier molecular flexibility index (Phi) is 3.66. The van der Waals surface area contributed by atoms with Gasteiger partial charge in [-0.1, -0.05) is 37.3 Å². The second kappa shape index (κ2) is 5.42. The molecule has 2 rings (SSSR count). The molecule has 0 atom stereocenters. The average Bonchev–Trinajstić information content (AvgIpc) is 2.79. The van der Waals surface area contributed by atoms with Crippen LogP contribution in [0.4, 0.5) is 0 Å². The van der Waals surface area contributed by atoms with Gasteiger partial charge in [0.25, 0.3) is 0 Å². The number of hydrogen-bond acceptors (Lipinski definition) is 3. The molecule has 0 aliphatic rings. The van der Waals surface area contributed by atoms with Crippen LogP contribution in [0.5, 0.6) is 0 Å². The van der Waals surface area contributed by atoms with Gasteiger partial charge < -0.3 is 4.74 Å². The van der Waals surface area contributed by atoms with Crippen LogP contribution in [0.25, 0.3) is 11.4 Å². The highest BCUT2D eigenvalue weighted by Crippen LogP contribution is 2.13. The zero-order valence-corrected chi connectivity index (χ0v) is 9.31. The highest BCUT2D eigenvalue weighted by atomic mass is 16.5. The Hall–Kier alpha value is -1.68. The van der Waals surface area contributed by atoms with Gasteiger partial charge in [-0.05, 0) is 6.42 Å². The van der Waals surface area contributed by atoms with Crippen molar-refractivity contribution in [1.29, 1.82) is 0 Å². The largest absolute Gasteiger partial charge is 0.373 e. The van der Waals surface area contributed by atoms with Crippen molar-refractivity contribution >= 4 is 0 Å². The van der Waals surface area contributed by atoms with E-state index in [1.807, 2.05) is 30.3 Å². The van der Waals surface area contributed by atoms with E-state index in [0.717, 1.165) is 30.2 Å². The molecule has 16 heavy (non-hydrogen) atoms. The van der Waals surface area contributed by atoms with E-state index >= 15 is 0 Å². The van der Waals surface area contributed by atoms with Crippen molar-refractivity contribution < 1.29 is 4.74 Å². The minimum atomic E-state index is 0.494. The zero-order chi connectivity index (χ0) is 11.2. The van der Waals surface area contributed by atoms with Crippen LogP contribution in [-0.4, -0.2) is 21.8 Å². The number of benzene rings is 1. The molecule has 0 aliphatic carbocycles. The molecule has 1 heterocycles. The SMILES string of the molecule is CCCOCc1nc(-c2ccccc2)n[nH]1. The van der Waals surface area contributed by atoms with E-state index in [0.29, 0.717) is 6.61 Å². The van der Waals surface area contributed by atoms with Crippen molar-refractivity contribution in [2.75, 3.05) is 6.61 Å². The van der Waals surface area contributed by atoms with E-state index in [-0.39, 0.29) is 0 Å². The monoisotopic (exact) mass is 217 g/mol. The third-order valence-corrected chi connectivity index (χ3v) is 2.15. The summed E-state index contributed by atoms with van der Waals surface area (Å²) < 4.78 is 5.38. The number of hydrogen-bond donors (Lipinski definition) is 1. The molecule has 1 aromatic heterocycles. The number of nitrogens with zero attached hydrogens (tertiary/aromatic N) is 2. The third-order valence-electron chi connectivity index (χ3n) is 2.15. The van der Waals surface area contributed by atoms with Gasteiger partial charge in [0.05, 0.1) is 0 Å². The topological polar surface area (TPSA) is 50.8 Å². The average molecular weight is 217 g/mol. The van der Waals surface area contributed by atoms with Crippen LogP contribution >= 0.6 is 0 Å². The van der Waals surface area contributed by atoms with E-state index < -0.39 is 0 Å². The molecule has 0 amide bonds. The van der Waals surface area contributed by atoms with Crippen molar-refractivity contribution in [3.05, 3.63) is 36.2 Å². The van der Waals surface area contributed by atoms with Crippen LogP contribution < -0.4 is 0 Å². The minimum Gasteiger partial charge on any atom is -0.373 e. The summed E-state index contributed by atoms with van der Waals surface area (Å²) in [7, 11) is 0. The lowest BCUT2D eigenvalue weighted by Gasteiger charge is -1.97. The fraction of sp³-hybridized carbons (Fsp3) is 0.333. The Bertz CT molecular complexity index is 425. The Balaban J connectivity index is 2.02. The number of ether oxygens (including phenoxy) is 1. The summed E-state index contributed by atoms with van der Waals surface area (Å²) in [6, 6.07) is 9.89. The molecule has 0 aliphatic heterocycles. The summed E-state index contributed by atoms with van der Waals surface area (Å²) >= 11 is 0. The molecule has 1 aromatic carbocycles. The lowest BCUT2D eigenvalue weighted by Crippen LogP contribution is -1.95. The molecule has 0 saturated carbocycles. The van der Waals surface area contributed by atoms with E-state index in [2.05, 4.69) is 22.1 Å². The maximum atomic E-state index is 5.38. The Morgan fingerprint density at radius 1 is 1.25 bits per heavy atom. The highest BCUT2D eigenvalue weighted by Gasteiger charge is 2.04.